The summed E-state index contributed by atoms with van der Waals surface area (Å²) in [7, 11) is -3.38. The first-order chi connectivity index (χ1) is 5.97. The van der Waals surface area contributed by atoms with Gasteiger partial charge >= 0.3 is 0 Å². The topological polar surface area (TPSA) is 43.4 Å². The van der Waals surface area contributed by atoms with Crippen molar-refractivity contribution < 1.29 is 12.6 Å². The van der Waals surface area contributed by atoms with Gasteiger partial charge in [-0.2, -0.15) is 8.42 Å². The minimum Gasteiger partial charge on any atom is -0.265 e. The van der Waals surface area contributed by atoms with Crippen LogP contribution < -0.4 is 0 Å². The smallest absolute Gasteiger partial charge is 0.264 e. The molecule has 0 aromatic heterocycles. The molecule has 0 aliphatic heterocycles. The molecule has 0 saturated carbocycles. The summed E-state index contributed by atoms with van der Waals surface area (Å²) in [6.45, 7) is 0.0272. The molecule has 0 radical (unpaired) electrons. The fourth-order valence-electron chi connectivity index (χ4n) is 0.802. The van der Waals surface area contributed by atoms with Crippen LogP contribution in [0.25, 0.3) is 0 Å². The molecule has 5 heteroatoms. The highest BCUT2D eigenvalue weighted by atomic mass is 35.5. The van der Waals surface area contributed by atoms with E-state index in [1.165, 1.54) is 0 Å². The fourth-order valence-corrected chi connectivity index (χ4v) is 1.36. The van der Waals surface area contributed by atoms with Crippen molar-refractivity contribution in [3.05, 3.63) is 34.9 Å². The summed E-state index contributed by atoms with van der Waals surface area (Å²) >= 11 is 5.69. The SMILES string of the molecule is CS(=O)(=O)OCc1cccc(Cl)c1. The van der Waals surface area contributed by atoms with E-state index in [9.17, 15) is 8.42 Å². The van der Waals surface area contributed by atoms with Crippen LogP contribution in [0.2, 0.25) is 5.02 Å². The van der Waals surface area contributed by atoms with Crippen LogP contribution in [-0.4, -0.2) is 14.7 Å². The van der Waals surface area contributed by atoms with E-state index in [0.29, 0.717) is 5.02 Å². The predicted octanol–water partition coefficient (Wildman–Crippen LogP) is 1.82. The summed E-state index contributed by atoms with van der Waals surface area (Å²) < 4.78 is 25.9. The summed E-state index contributed by atoms with van der Waals surface area (Å²) in [5.74, 6) is 0. The standard InChI is InChI=1S/C8H9ClO3S/c1-13(10,11)12-6-7-3-2-4-8(9)5-7/h2-5H,6H2,1H3. The van der Waals surface area contributed by atoms with E-state index in [1.807, 2.05) is 0 Å². The van der Waals surface area contributed by atoms with Crippen molar-refractivity contribution >= 4 is 21.7 Å². The molecule has 0 unspecified atom stereocenters. The van der Waals surface area contributed by atoms with Crippen LogP contribution in [0.1, 0.15) is 5.56 Å². The van der Waals surface area contributed by atoms with Crippen molar-refractivity contribution in [3.8, 4) is 0 Å². The molecule has 0 N–H and O–H groups in total. The van der Waals surface area contributed by atoms with Gasteiger partial charge in [-0.3, -0.25) is 4.18 Å². The molecule has 0 saturated heterocycles. The fraction of sp³-hybridized carbons (Fsp3) is 0.250. The van der Waals surface area contributed by atoms with Crippen LogP contribution in [0.3, 0.4) is 0 Å². The summed E-state index contributed by atoms with van der Waals surface area (Å²) in [6.07, 6.45) is 1.01. The second kappa shape index (κ2) is 4.09. The van der Waals surface area contributed by atoms with E-state index in [0.717, 1.165) is 11.8 Å². The lowest BCUT2D eigenvalue weighted by atomic mass is 10.2. The number of benzene rings is 1. The highest BCUT2D eigenvalue weighted by Gasteiger charge is 2.02. The van der Waals surface area contributed by atoms with Crippen molar-refractivity contribution in [1.82, 2.24) is 0 Å². The molecule has 0 heterocycles. The summed E-state index contributed by atoms with van der Waals surface area (Å²) in [4.78, 5) is 0. The second-order valence-corrected chi connectivity index (χ2v) is 4.68. The average Bonchev–Trinajstić information content (AvgIpc) is 2.00. The van der Waals surface area contributed by atoms with E-state index in [2.05, 4.69) is 4.18 Å². The normalized spacial score (nSPS) is 11.5. The van der Waals surface area contributed by atoms with Crippen LogP contribution >= 0.6 is 11.6 Å². The third kappa shape index (κ3) is 4.26. The highest BCUT2D eigenvalue weighted by molar-refractivity contribution is 7.85. The van der Waals surface area contributed by atoms with Crippen LogP contribution in [0, 0.1) is 0 Å². The minimum atomic E-state index is -3.38. The molecule has 1 rings (SSSR count). The number of hydrogen-bond acceptors (Lipinski definition) is 3. The maximum atomic E-state index is 10.6. The minimum absolute atomic E-state index is 0.0272. The van der Waals surface area contributed by atoms with Gasteiger partial charge in [-0.15, -0.1) is 0 Å². The molecule has 13 heavy (non-hydrogen) atoms. The van der Waals surface area contributed by atoms with Crippen molar-refractivity contribution in [2.24, 2.45) is 0 Å². The molecule has 0 aliphatic rings. The van der Waals surface area contributed by atoms with Gasteiger partial charge in [0, 0.05) is 5.02 Å². The van der Waals surface area contributed by atoms with E-state index >= 15 is 0 Å². The summed E-state index contributed by atoms with van der Waals surface area (Å²) in [5.41, 5.74) is 0.734. The first-order valence-electron chi connectivity index (χ1n) is 3.56. The predicted molar refractivity (Wildman–Crippen MR) is 51.1 cm³/mol. The van der Waals surface area contributed by atoms with Crippen molar-refractivity contribution in [2.45, 2.75) is 6.61 Å². The Balaban J connectivity index is 2.65. The van der Waals surface area contributed by atoms with Crippen LogP contribution in [0.4, 0.5) is 0 Å². The maximum Gasteiger partial charge on any atom is 0.264 e. The molecule has 0 fully saturated rings. The van der Waals surface area contributed by atoms with E-state index in [4.69, 9.17) is 11.6 Å². The average molecular weight is 221 g/mol. The lowest BCUT2D eigenvalue weighted by Gasteiger charge is -2.01. The third-order valence-corrected chi connectivity index (χ3v) is 2.11. The summed E-state index contributed by atoms with van der Waals surface area (Å²) in [5, 5.41) is 0.564. The summed E-state index contributed by atoms with van der Waals surface area (Å²) in [6, 6.07) is 6.86. The molecule has 0 amide bonds. The first-order valence-corrected chi connectivity index (χ1v) is 5.76. The van der Waals surface area contributed by atoms with Crippen molar-refractivity contribution in [3.63, 3.8) is 0 Å². The van der Waals surface area contributed by atoms with Gasteiger partial charge < -0.3 is 0 Å². The van der Waals surface area contributed by atoms with Gasteiger partial charge in [0.25, 0.3) is 10.1 Å². The number of halogens is 1. The Hall–Kier alpha value is -0.580. The maximum absolute atomic E-state index is 10.6. The van der Waals surface area contributed by atoms with Gasteiger partial charge in [0.1, 0.15) is 0 Å². The zero-order valence-electron chi connectivity index (χ0n) is 7.03. The molecule has 0 aliphatic carbocycles. The van der Waals surface area contributed by atoms with Gasteiger partial charge in [0.15, 0.2) is 0 Å². The number of hydrogen-bond donors (Lipinski definition) is 0. The largest absolute Gasteiger partial charge is 0.265 e. The van der Waals surface area contributed by atoms with Crippen molar-refractivity contribution in [1.29, 1.82) is 0 Å². The van der Waals surface area contributed by atoms with Gasteiger partial charge in [-0.1, -0.05) is 23.7 Å². The Morgan fingerprint density at radius 2 is 2.15 bits per heavy atom. The van der Waals surface area contributed by atoms with Crippen LogP contribution in [0.15, 0.2) is 24.3 Å². The molecule has 0 spiro atoms. The molecule has 72 valence electrons. The molecular formula is C8H9ClO3S. The number of rotatable bonds is 3. The Morgan fingerprint density at radius 1 is 1.46 bits per heavy atom. The van der Waals surface area contributed by atoms with E-state index in [1.54, 1.807) is 24.3 Å². The Morgan fingerprint density at radius 3 is 2.69 bits per heavy atom. The highest BCUT2D eigenvalue weighted by Crippen LogP contribution is 2.11. The van der Waals surface area contributed by atoms with Gasteiger partial charge in [0.05, 0.1) is 12.9 Å². The third-order valence-electron chi connectivity index (χ3n) is 1.33. The van der Waals surface area contributed by atoms with E-state index in [-0.39, 0.29) is 6.61 Å². The zero-order valence-corrected chi connectivity index (χ0v) is 8.60. The van der Waals surface area contributed by atoms with Crippen molar-refractivity contribution in [2.75, 3.05) is 6.26 Å². The van der Waals surface area contributed by atoms with Crippen LogP contribution in [0.5, 0.6) is 0 Å². The monoisotopic (exact) mass is 220 g/mol. The molecule has 0 atom stereocenters. The molecule has 1 aromatic rings. The van der Waals surface area contributed by atoms with Gasteiger partial charge in [-0.25, -0.2) is 0 Å². The quantitative estimate of drug-likeness (QED) is 0.730. The first kappa shape index (κ1) is 10.5. The lowest BCUT2D eigenvalue weighted by molar-refractivity contribution is 0.311. The Bertz CT molecular complexity index is 386. The van der Waals surface area contributed by atoms with E-state index < -0.39 is 10.1 Å². The van der Waals surface area contributed by atoms with Gasteiger partial charge in [0.2, 0.25) is 0 Å². The second-order valence-electron chi connectivity index (χ2n) is 2.60. The molecule has 1 aromatic carbocycles. The Labute approximate surface area is 82.4 Å². The zero-order chi connectivity index (χ0) is 9.90. The van der Waals surface area contributed by atoms with Crippen LogP contribution in [-0.2, 0) is 20.9 Å². The molecule has 0 bridgehead atoms. The molecular weight excluding hydrogens is 212 g/mol. The van der Waals surface area contributed by atoms with Gasteiger partial charge in [-0.05, 0) is 17.7 Å². The Kier molecular flexibility index (Phi) is 3.30. The molecule has 3 nitrogen and oxygen atoms in total. The lowest BCUT2D eigenvalue weighted by Crippen LogP contribution is -2.02.